The number of hydrogen-bond donors (Lipinski definition) is 1. The van der Waals surface area contributed by atoms with Crippen LogP contribution in [0.4, 0.5) is 10.2 Å². The van der Waals surface area contributed by atoms with Gasteiger partial charge in [-0.15, -0.1) is 0 Å². The molecule has 1 aromatic carbocycles. The van der Waals surface area contributed by atoms with E-state index in [2.05, 4.69) is 43.8 Å². The molecule has 6 heteroatoms. The predicted octanol–water partition coefficient (Wildman–Crippen LogP) is 5.52. The van der Waals surface area contributed by atoms with Gasteiger partial charge in [0.15, 0.2) is 5.82 Å². The smallest absolute Gasteiger partial charge is 0.250 e. The van der Waals surface area contributed by atoms with Crippen LogP contribution in [0, 0.1) is 5.82 Å². The first-order valence-corrected chi connectivity index (χ1v) is 12.1. The minimum absolute atomic E-state index is 0.00662. The molecule has 0 aliphatic heterocycles. The highest BCUT2D eigenvalue weighted by Crippen LogP contribution is 2.46. The van der Waals surface area contributed by atoms with Gasteiger partial charge in [0.2, 0.25) is 0 Å². The molecule has 0 amide bonds. The highest BCUT2D eigenvalue weighted by molar-refractivity contribution is 6.74. The Bertz CT molecular complexity index is 796. The number of aromatic nitrogens is 2. The molecular weight excluding hydrogens is 345 g/mol. The molecule has 1 aliphatic rings. The summed E-state index contributed by atoms with van der Waals surface area (Å²) in [6.45, 7) is 10.8. The monoisotopic (exact) mass is 373 g/mol. The molecule has 1 aromatic heterocycles. The zero-order valence-corrected chi connectivity index (χ0v) is 17.3. The summed E-state index contributed by atoms with van der Waals surface area (Å²) in [6, 6.07) is 3.80. The fraction of sp³-hybridized carbons (Fsp3) is 0.500. The highest BCUT2D eigenvalue weighted by Gasteiger charge is 2.41. The Hall–Kier alpha value is -1.95. The van der Waals surface area contributed by atoms with Crippen molar-refractivity contribution in [3.05, 3.63) is 35.9 Å². The minimum atomic E-state index is -2.17. The van der Waals surface area contributed by atoms with Crippen molar-refractivity contribution in [3.8, 4) is 17.0 Å². The lowest BCUT2D eigenvalue weighted by atomic mass is 9.79. The van der Waals surface area contributed by atoms with Gasteiger partial charge in [0, 0.05) is 5.56 Å². The lowest BCUT2D eigenvalue weighted by molar-refractivity contribution is 0.392. The Labute approximate surface area is 156 Å². The van der Waals surface area contributed by atoms with E-state index in [1.807, 2.05) is 6.07 Å². The summed E-state index contributed by atoms with van der Waals surface area (Å²) < 4.78 is 22.0. The van der Waals surface area contributed by atoms with Crippen LogP contribution in [-0.4, -0.2) is 18.3 Å². The molecule has 1 fully saturated rings. The summed E-state index contributed by atoms with van der Waals surface area (Å²) >= 11 is 0. The van der Waals surface area contributed by atoms with Crippen LogP contribution in [0.25, 0.3) is 11.3 Å². The summed E-state index contributed by atoms with van der Waals surface area (Å²) in [7, 11) is -2.17. The summed E-state index contributed by atoms with van der Waals surface area (Å²) in [6.07, 6.45) is 6.33. The number of rotatable bonds is 4. The summed E-state index contributed by atoms with van der Waals surface area (Å²) in [4.78, 5) is 8.27. The molecule has 1 heterocycles. The van der Waals surface area contributed by atoms with E-state index in [9.17, 15) is 0 Å². The first kappa shape index (κ1) is 18.8. The standard InChI is InChI=1S/C20H28FN3OSi/c1-20(2,3)26(4,5)25-19-14(13-7-6-8-13)9-10-15(18(19)21)16-11-24-17(22)12-23-16/h9-13H,6-8H2,1-5H3,(H2,22,24). The van der Waals surface area contributed by atoms with Crippen molar-refractivity contribution in [2.24, 2.45) is 0 Å². The van der Waals surface area contributed by atoms with E-state index in [0.717, 1.165) is 18.4 Å². The second-order valence-electron chi connectivity index (χ2n) is 8.66. The van der Waals surface area contributed by atoms with Gasteiger partial charge in [-0.05, 0) is 48.5 Å². The third kappa shape index (κ3) is 3.47. The van der Waals surface area contributed by atoms with Crippen molar-refractivity contribution in [1.29, 1.82) is 0 Å². The molecule has 1 aliphatic carbocycles. The maximum absolute atomic E-state index is 15.6. The zero-order valence-electron chi connectivity index (χ0n) is 16.3. The summed E-state index contributed by atoms with van der Waals surface area (Å²) in [5, 5.41) is -0.00662. The van der Waals surface area contributed by atoms with Crippen LogP contribution in [0.3, 0.4) is 0 Å². The first-order chi connectivity index (χ1) is 12.1. The molecule has 4 nitrogen and oxygen atoms in total. The van der Waals surface area contributed by atoms with Crippen LogP contribution in [0.15, 0.2) is 24.5 Å². The van der Waals surface area contributed by atoms with E-state index in [1.54, 1.807) is 6.07 Å². The van der Waals surface area contributed by atoms with Crippen LogP contribution in [0.2, 0.25) is 18.1 Å². The second kappa shape index (κ2) is 6.65. The molecule has 26 heavy (non-hydrogen) atoms. The molecule has 2 N–H and O–H groups in total. The third-order valence-electron chi connectivity index (χ3n) is 5.78. The summed E-state index contributed by atoms with van der Waals surface area (Å²) in [5.41, 5.74) is 7.48. The third-order valence-corrected chi connectivity index (χ3v) is 10.1. The Morgan fingerprint density at radius 2 is 1.85 bits per heavy atom. The minimum Gasteiger partial charge on any atom is -0.541 e. The quantitative estimate of drug-likeness (QED) is 0.717. The largest absolute Gasteiger partial charge is 0.541 e. The first-order valence-electron chi connectivity index (χ1n) is 9.19. The van der Waals surface area contributed by atoms with Gasteiger partial charge in [0.25, 0.3) is 8.32 Å². The molecule has 0 unspecified atom stereocenters. The second-order valence-corrected chi connectivity index (χ2v) is 13.4. The molecule has 0 radical (unpaired) electrons. The van der Waals surface area contributed by atoms with E-state index in [4.69, 9.17) is 10.2 Å². The maximum Gasteiger partial charge on any atom is 0.250 e. The molecule has 3 rings (SSSR count). The Morgan fingerprint density at radius 3 is 2.35 bits per heavy atom. The van der Waals surface area contributed by atoms with Gasteiger partial charge in [0.1, 0.15) is 11.6 Å². The molecule has 1 saturated carbocycles. The number of nitrogens with zero attached hydrogens (tertiary/aromatic N) is 2. The molecule has 0 atom stereocenters. The van der Waals surface area contributed by atoms with Crippen molar-refractivity contribution in [2.75, 3.05) is 5.73 Å². The van der Waals surface area contributed by atoms with Crippen molar-refractivity contribution >= 4 is 14.1 Å². The van der Waals surface area contributed by atoms with Gasteiger partial charge in [-0.25, -0.2) is 9.37 Å². The van der Waals surface area contributed by atoms with Crippen LogP contribution in [0.5, 0.6) is 5.75 Å². The van der Waals surface area contributed by atoms with Crippen molar-refractivity contribution < 1.29 is 8.82 Å². The van der Waals surface area contributed by atoms with Gasteiger partial charge in [-0.3, -0.25) is 4.98 Å². The van der Waals surface area contributed by atoms with Crippen molar-refractivity contribution in [3.63, 3.8) is 0 Å². The maximum atomic E-state index is 15.6. The van der Waals surface area contributed by atoms with Gasteiger partial charge >= 0.3 is 0 Å². The number of halogens is 1. The number of nitrogens with two attached hydrogens (primary N) is 1. The number of benzene rings is 1. The molecular formula is C20H28FN3OSi. The van der Waals surface area contributed by atoms with Crippen molar-refractivity contribution in [1.82, 2.24) is 9.97 Å². The van der Waals surface area contributed by atoms with E-state index < -0.39 is 8.32 Å². The van der Waals surface area contributed by atoms with Crippen LogP contribution < -0.4 is 10.2 Å². The van der Waals surface area contributed by atoms with Gasteiger partial charge in [-0.1, -0.05) is 33.3 Å². The Kier molecular flexibility index (Phi) is 4.81. The fourth-order valence-electron chi connectivity index (χ4n) is 2.80. The van der Waals surface area contributed by atoms with Crippen molar-refractivity contribution in [2.45, 2.75) is 64.1 Å². The topological polar surface area (TPSA) is 61.0 Å². The average Bonchev–Trinajstić information content (AvgIpc) is 2.49. The number of hydrogen-bond acceptors (Lipinski definition) is 4. The molecule has 2 aromatic rings. The highest BCUT2D eigenvalue weighted by atomic mass is 28.4. The number of anilines is 1. The molecule has 0 spiro atoms. The van der Waals surface area contributed by atoms with Gasteiger partial charge in [-0.2, -0.15) is 0 Å². The van der Waals surface area contributed by atoms with Gasteiger partial charge < -0.3 is 10.2 Å². The SMILES string of the molecule is CC(C)(C)[Si](C)(C)Oc1c(C2CCC2)ccc(-c2cnc(N)cn2)c1F. The Morgan fingerprint density at radius 1 is 1.15 bits per heavy atom. The molecule has 140 valence electrons. The Balaban J connectivity index is 2.09. The normalized spacial score (nSPS) is 15.6. The lowest BCUT2D eigenvalue weighted by Crippen LogP contribution is -2.44. The average molecular weight is 374 g/mol. The lowest BCUT2D eigenvalue weighted by Gasteiger charge is -2.38. The number of nitrogen functional groups attached to an aromatic ring is 1. The predicted molar refractivity (Wildman–Crippen MR) is 106 cm³/mol. The van der Waals surface area contributed by atoms with E-state index in [0.29, 0.717) is 28.7 Å². The van der Waals surface area contributed by atoms with Gasteiger partial charge in [0.05, 0.1) is 18.1 Å². The molecule has 0 saturated heterocycles. The van der Waals surface area contributed by atoms with Crippen LogP contribution in [-0.2, 0) is 0 Å². The summed E-state index contributed by atoms with van der Waals surface area (Å²) in [5.74, 6) is 0.782. The van der Waals surface area contributed by atoms with E-state index >= 15 is 4.39 Å². The van der Waals surface area contributed by atoms with E-state index in [-0.39, 0.29) is 10.9 Å². The van der Waals surface area contributed by atoms with Crippen LogP contribution in [0.1, 0.15) is 51.5 Å². The fourth-order valence-corrected chi connectivity index (χ4v) is 3.82. The zero-order chi connectivity index (χ0) is 19.1. The van der Waals surface area contributed by atoms with Crippen LogP contribution >= 0.6 is 0 Å². The van der Waals surface area contributed by atoms with E-state index in [1.165, 1.54) is 18.8 Å². The molecule has 0 bridgehead atoms.